The van der Waals surface area contributed by atoms with Crippen LogP contribution in [0.15, 0.2) is 21.8 Å². The fourth-order valence-electron chi connectivity index (χ4n) is 3.67. The Bertz CT molecular complexity index is 589. The van der Waals surface area contributed by atoms with Crippen LogP contribution in [0, 0.1) is 17.8 Å². The molecule has 0 aromatic carbocycles. The van der Waals surface area contributed by atoms with Crippen LogP contribution < -0.4 is 0 Å². The van der Waals surface area contributed by atoms with Crippen molar-refractivity contribution in [3.05, 3.63) is 21.8 Å². The van der Waals surface area contributed by atoms with E-state index in [4.69, 9.17) is 14.2 Å². The first kappa shape index (κ1) is 27.9. The van der Waals surface area contributed by atoms with Gasteiger partial charge in [0.25, 0.3) is 0 Å². The fraction of sp³-hybridized carbons (Fsp3) is 0.792. The molecule has 6 heteroatoms. The summed E-state index contributed by atoms with van der Waals surface area (Å²) < 4.78 is 17.8. The van der Waals surface area contributed by atoms with Gasteiger partial charge in [-0.05, 0) is 6.04 Å². The molecule has 3 atom stereocenters. The Balaban J connectivity index is 2.30. The predicted molar refractivity (Wildman–Crippen MR) is 132 cm³/mol. The van der Waals surface area contributed by atoms with Gasteiger partial charge in [-0.25, -0.2) is 0 Å². The van der Waals surface area contributed by atoms with Crippen molar-refractivity contribution >= 4 is 32.4 Å². The number of carbonyl (C=O) groups excluding carboxylic acids is 1. The molecule has 30 heavy (non-hydrogen) atoms. The Labute approximate surface area is 190 Å². The van der Waals surface area contributed by atoms with E-state index in [0.717, 1.165) is 25.9 Å². The van der Waals surface area contributed by atoms with Crippen molar-refractivity contribution in [1.29, 1.82) is 0 Å². The van der Waals surface area contributed by atoms with Crippen molar-refractivity contribution in [2.24, 2.45) is 17.8 Å². The molecular formula is C24H46O4SiSn. The van der Waals surface area contributed by atoms with E-state index in [1.165, 1.54) is 15.2 Å². The molecule has 1 aliphatic heterocycles. The molecule has 1 aliphatic rings. The zero-order valence-electron chi connectivity index (χ0n) is 20.8. The van der Waals surface area contributed by atoms with E-state index in [9.17, 15) is 4.79 Å². The Morgan fingerprint density at radius 1 is 1.30 bits per heavy atom. The second-order valence-corrected chi connectivity index (χ2v) is 31.6. The maximum atomic E-state index is 12.3. The van der Waals surface area contributed by atoms with Gasteiger partial charge in [0.1, 0.15) is 0 Å². The summed E-state index contributed by atoms with van der Waals surface area (Å²) in [6, 6.07) is 1.17. The van der Waals surface area contributed by atoms with E-state index in [0.29, 0.717) is 31.8 Å². The zero-order valence-corrected chi connectivity index (χ0v) is 24.7. The maximum absolute atomic E-state index is 12.3. The van der Waals surface area contributed by atoms with Crippen LogP contribution in [-0.2, 0) is 19.0 Å². The van der Waals surface area contributed by atoms with E-state index in [2.05, 4.69) is 61.0 Å². The first-order valence-electron chi connectivity index (χ1n) is 11.5. The van der Waals surface area contributed by atoms with Crippen LogP contribution in [0.3, 0.4) is 0 Å². The Morgan fingerprint density at radius 2 is 1.97 bits per heavy atom. The quantitative estimate of drug-likeness (QED) is 0.0847. The molecular weight excluding hydrogens is 499 g/mol. The van der Waals surface area contributed by atoms with Gasteiger partial charge < -0.3 is 4.74 Å². The number of cyclic esters (lactones) is 1. The number of rotatable bonds is 14. The molecule has 0 N–H and O–H groups in total. The molecule has 0 bridgehead atoms. The molecule has 0 saturated carbocycles. The molecule has 0 aliphatic carbocycles. The average Bonchev–Trinajstić information content (AvgIpc) is 2.95. The molecule has 0 aromatic heterocycles. The Hall–Kier alpha value is -0.114. The number of esters is 1. The van der Waals surface area contributed by atoms with Crippen molar-refractivity contribution in [2.45, 2.75) is 73.6 Å². The van der Waals surface area contributed by atoms with Crippen molar-refractivity contribution in [3.8, 4) is 0 Å². The summed E-state index contributed by atoms with van der Waals surface area (Å²) in [6.45, 7) is 18.2. The SMILES string of the molecule is C=[C](C1C(=O)OCC1C[C@@H](C)CC/C=C(\C)COCOCC[Si](C)(C)C)[Sn]([CH3])([CH3])[CH3]. The number of allylic oxidation sites excluding steroid dienone is 1. The van der Waals surface area contributed by atoms with E-state index >= 15 is 0 Å². The van der Waals surface area contributed by atoms with E-state index in [-0.39, 0.29) is 11.9 Å². The summed E-state index contributed by atoms with van der Waals surface area (Å²) in [5, 5.41) is 0. The minimum atomic E-state index is -2.32. The van der Waals surface area contributed by atoms with Crippen molar-refractivity contribution in [2.75, 3.05) is 26.6 Å². The third-order valence-electron chi connectivity index (χ3n) is 5.85. The molecule has 1 saturated heterocycles. The third kappa shape index (κ3) is 11.0. The van der Waals surface area contributed by atoms with Crippen LogP contribution >= 0.6 is 0 Å². The number of hydrogen-bond acceptors (Lipinski definition) is 4. The minimum absolute atomic E-state index is 0.0382. The summed E-state index contributed by atoms with van der Waals surface area (Å²) in [5.41, 5.74) is 1.25. The van der Waals surface area contributed by atoms with Crippen LogP contribution in [-0.4, -0.2) is 59.0 Å². The van der Waals surface area contributed by atoms with Crippen molar-refractivity contribution in [3.63, 3.8) is 0 Å². The number of hydrogen-bond donors (Lipinski definition) is 0. The molecule has 0 radical (unpaired) electrons. The number of ether oxygens (including phenoxy) is 3. The third-order valence-corrected chi connectivity index (χ3v) is 13.9. The van der Waals surface area contributed by atoms with Crippen molar-refractivity contribution < 1.29 is 19.0 Å². The molecule has 1 rings (SSSR count). The molecule has 0 amide bonds. The Kier molecular flexibility index (Phi) is 11.9. The van der Waals surface area contributed by atoms with Crippen LogP contribution in [0.4, 0.5) is 0 Å². The number of carbonyl (C=O) groups is 1. The summed E-state index contributed by atoms with van der Waals surface area (Å²) in [7, 11) is -1.03. The molecule has 1 heterocycles. The first-order chi connectivity index (χ1) is 13.8. The molecule has 4 nitrogen and oxygen atoms in total. The van der Waals surface area contributed by atoms with Gasteiger partial charge in [-0.2, -0.15) is 0 Å². The molecule has 0 aromatic rings. The van der Waals surface area contributed by atoms with E-state index < -0.39 is 26.5 Å². The van der Waals surface area contributed by atoms with Gasteiger partial charge in [-0.15, -0.1) is 0 Å². The summed E-state index contributed by atoms with van der Waals surface area (Å²) >= 11 is -2.32. The normalized spacial score (nSPS) is 21.6. The molecule has 0 spiro atoms. The van der Waals surface area contributed by atoms with Gasteiger partial charge in [0, 0.05) is 14.7 Å². The summed E-state index contributed by atoms with van der Waals surface area (Å²) in [6.07, 6.45) is 5.47. The van der Waals surface area contributed by atoms with Crippen molar-refractivity contribution in [1.82, 2.24) is 0 Å². The molecule has 174 valence electrons. The van der Waals surface area contributed by atoms with Gasteiger partial charge in [-0.3, -0.25) is 0 Å². The van der Waals surface area contributed by atoms with Gasteiger partial charge in [0.05, 0.1) is 0 Å². The molecule has 1 fully saturated rings. The second kappa shape index (κ2) is 12.8. The van der Waals surface area contributed by atoms with Gasteiger partial charge in [0.15, 0.2) is 0 Å². The average molecular weight is 545 g/mol. The summed E-state index contributed by atoms with van der Waals surface area (Å²) in [4.78, 5) is 19.3. The van der Waals surface area contributed by atoms with Crippen LogP contribution in [0.1, 0.15) is 33.1 Å². The van der Waals surface area contributed by atoms with Gasteiger partial charge in [-0.1, -0.05) is 19.6 Å². The zero-order chi connectivity index (χ0) is 22.9. The first-order valence-corrected chi connectivity index (χ1v) is 25.2. The van der Waals surface area contributed by atoms with Crippen LogP contribution in [0.5, 0.6) is 0 Å². The summed E-state index contributed by atoms with van der Waals surface area (Å²) in [5.74, 6) is 0.765. The fourth-order valence-corrected chi connectivity index (χ4v) is 8.10. The monoisotopic (exact) mass is 546 g/mol. The molecule has 2 unspecified atom stereocenters. The van der Waals surface area contributed by atoms with E-state index in [1.807, 2.05) is 0 Å². The predicted octanol–water partition coefficient (Wildman–Crippen LogP) is 6.29. The topological polar surface area (TPSA) is 44.8 Å². The van der Waals surface area contributed by atoms with Crippen LogP contribution in [0.25, 0.3) is 0 Å². The van der Waals surface area contributed by atoms with Gasteiger partial charge >= 0.3 is 146 Å². The Morgan fingerprint density at radius 3 is 2.57 bits per heavy atom. The van der Waals surface area contributed by atoms with Gasteiger partial charge in [0.2, 0.25) is 0 Å². The van der Waals surface area contributed by atoms with Crippen LogP contribution in [0.2, 0.25) is 40.5 Å². The standard InChI is InChI=1S/C21H37O4Si.3CH3.Sn/c1-7-20-19(15-25-21(20)22)13-17(2)9-8-10-18(3)14-24-16-23-11-12-26(4,5)6;;;;/h10,17,19-20H,1,8-9,11-16H2,2-6H3;3*1H3;/b18-10+;;;;/t17-,19?,20?;;;;/m0..../s1. The van der Waals surface area contributed by atoms with E-state index in [1.54, 1.807) is 0 Å². The second-order valence-electron chi connectivity index (χ2n) is 11.3.